The molecule has 5 rings (SSSR count). The number of ketones is 1. The van der Waals surface area contributed by atoms with Gasteiger partial charge >= 0.3 is 0 Å². The van der Waals surface area contributed by atoms with E-state index in [2.05, 4.69) is 10.5 Å². The van der Waals surface area contributed by atoms with Crippen LogP contribution in [0, 0.1) is 6.92 Å². The van der Waals surface area contributed by atoms with Crippen LogP contribution >= 0.6 is 0 Å². The number of ether oxygens (including phenoxy) is 3. The molecule has 0 unspecified atom stereocenters. The zero-order valence-corrected chi connectivity index (χ0v) is 19.5. The van der Waals surface area contributed by atoms with Gasteiger partial charge in [0.2, 0.25) is 5.88 Å². The number of Topliss-reactive ketones (excluding diaryl/α,β-unsaturated/α-hetero) is 1. The minimum atomic E-state index is -0.374. The molecule has 2 aliphatic rings. The Morgan fingerprint density at radius 1 is 1.03 bits per heavy atom. The molecule has 176 valence electrons. The molecule has 0 spiro atoms. The molecule has 0 amide bonds. The highest BCUT2D eigenvalue weighted by Crippen LogP contribution is 2.51. The van der Waals surface area contributed by atoms with Gasteiger partial charge in [0.15, 0.2) is 17.3 Å². The summed E-state index contributed by atoms with van der Waals surface area (Å²) in [5, 5.41) is 17.5. The maximum absolute atomic E-state index is 13.7. The fourth-order valence-corrected chi connectivity index (χ4v) is 5.02. The van der Waals surface area contributed by atoms with Crippen molar-refractivity contribution in [3.05, 3.63) is 70.1 Å². The fourth-order valence-electron chi connectivity index (χ4n) is 5.02. The second-order valence-corrected chi connectivity index (χ2v) is 8.53. The Kier molecular flexibility index (Phi) is 5.43. The number of carbonyl (C=O) groups is 1. The lowest BCUT2D eigenvalue weighted by Gasteiger charge is -2.35. The minimum Gasteiger partial charge on any atom is -0.504 e. The van der Waals surface area contributed by atoms with Crippen LogP contribution in [-0.2, 0) is 4.79 Å². The van der Waals surface area contributed by atoms with Gasteiger partial charge in [-0.25, -0.2) is 0 Å². The number of phenolic OH excluding ortho intramolecular Hbond substituents is 1. The molecule has 8 nitrogen and oxygen atoms in total. The van der Waals surface area contributed by atoms with E-state index < -0.39 is 0 Å². The molecule has 2 aromatic carbocycles. The zero-order valence-electron chi connectivity index (χ0n) is 19.5. The number of rotatable bonds is 5. The molecule has 8 heteroatoms. The lowest BCUT2D eigenvalue weighted by atomic mass is 9.72. The van der Waals surface area contributed by atoms with Crippen molar-refractivity contribution in [2.45, 2.75) is 31.6 Å². The molecule has 1 aliphatic heterocycles. The van der Waals surface area contributed by atoms with Gasteiger partial charge < -0.3 is 29.2 Å². The van der Waals surface area contributed by atoms with Gasteiger partial charge in [0.25, 0.3) is 0 Å². The molecule has 1 aliphatic carbocycles. The largest absolute Gasteiger partial charge is 0.504 e. The van der Waals surface area contributed by atoms with Gasteiger partial charge in [0.1, 0.15) is 11.5 Å². The number of anilines is 1. The van der Waals surface area contributed by atoms with Crippen molar-refractivity contribution in [3.63, 3.8) is 0 Å². The summed E-state index contributed by atoms with van der Waals surface area (Å²) in [5.74, 6) is 1.88. The first kappa shape index (κ1) is 21.9. The topological polar surface area (TPSA) is 103 Å². The van der Waals surface area contributed by atoms with Gasteiger partial charge in [0, 0.05) is 29.3 Å². The SMILES string of the molecule is COc1ccc([C@@H]2C3=C(C[C@H](c4ccc(O)c(OC)c4)CC3=O)Nc3onc(C)c32)c(OC)c1. The monoisotopic (exact) mass is 462 g/mol. The Morgan fingerprint density at radius 3 is 2.56 bits per heavy atom. The van der Waals surface area contributed by atoms with Crippen LogP contribution in [0.3, 0.4) is 0 Å². The average Bonchev–Trinajstić information content (AvgIpc) is 3.22. The van der Waals surface area contributed by atoms with Gasteiger partial charge in [-0.3, -0.25) is 4.79 Å². The lowest BCUT2D eigenvalue weighted by Crippen LogP contribution is -2.29. The van der Waals surface area contributed by atoms with Crippen LogP contribution < -0.4 is 19.5 Å². The molecule has 0 saturated heterocycles. The molecule has 2 N–H and O–H groups in total. The number of hydrogen-bond acceptors (Lipinski definition) is 8. The van der Waals surface area contributed by atoms with Crippen LogP contribution in [0.4, 0.5) is 5.88 Å². The van der Waals surface area contributed by atoms with Gasteiger partial charge in [0.05, 0.1) is 38.5 Å². The van der Waals surface area contributed by atoms with E-state index in [0.29, 0.717) is 41.5 Å². The Bertz CT molecular complexity index is 1310. The quantitative estimate of drug-likeness (QED) is 0.564. The number of phenols is 1. The van der Waals surface area contributed by atoms with Crippen molar-refractivity contribution in [2.75, 3.05) is 26.6 Å². The van der Waals surface area contributed by atoms with Crippen LogP contribution in [0.2, 0.25) is 0 Å². The van der Waals surface area contributed by atoms with E-state index in [1.54, 1.807) is 26.4 Å². The fraction of sp³-hybridized carbons (Fsp3) is 0.308. The van der Waals surface area contributed by atoms with Crippen molar-refractivity contribution in [1.82, 2.24) is 5.16 Å². The number of methoxy groups -OCH3 is 3. The van der Waals surface area contributed by atoms with Gasteiger partial charge in [-0.05, 0) is 43.0 Å². The van der Waals surface area contributed by atoms with Crippen molar-refractivity contribution in [2.24, 2.45) is 0 Å². The number of carbonyl (C=O) groups excluding carboxylic acids is 1. The van der Waals surface area contributed by atoms with Crippen LogP contribution in [0.1, 0.15) is 47.1 Å². The molecule has 0 bridgehead atoms. The van der Waals surface area contributed by atoms with Crippen molar-refractivity contribution in [1.29, 1.82) is 0 Å². The third kappa shape index (κ3) is 3.46. The maximum atomic E-state index is 13.7. The number of aromatic hydroxyl groups is 1. The van der Waals surface area contributed by atoms with E-state index in [4.69, 9.17) is 18.7 Å². The summed E-state index contributed by atoms with van der Waals surface area (Å²) in [5.41, 5.74) is 4.83. The summed E-state index contributed by atoms with van der Waals surface area (Å²) < 4.78 is 21.9. The van der Waals surface area contributed by atoms with Crippen LogP contribution in [-0.4, -0.2) is 37.4 Å². The molecule has 0 saturated carbocycles. The maximum Gasteiger partial charge on any atom is 0.233 e. The number of aromatic nitrogens is 1. The van der Waals surface area contributed by atoms with E-state index in [0.717, 1.165) is 28.1 Å². The number of nitrogens with one attached hydrogen (secondary N) is 1. The van der Waals surface area contributed by atoms with Crippen LogP contribution in [0.5, 0.6) is 23.0 Å². The number of hydrogen-bond donors (Lipinski definition) is 2. The van der Waals surface area contributed by atoms with E-state index in [1.807, 2.05) is 31.2 Å². The Balaban J connectivity index is 1.62. The predicted molar refractivity (Wildman–Crippen MR) is 125 cm³/mol. The smallest absolute Gasteiger partial charge is 0.233 e. The zero-order chi connectivity index (χ0) is 24.0. The predicted octanol–water partition coefficient (Wildman–Crippen LogP) is 4.67. The Hall–Kier alpha value is -3.94. The first-order valence-electron chi connectivity index (χ1n) is 11.0. The third-order valence-corrected chi connectivity index (χ3v) is 6.68. The summed E-state index contributed by atoms with van der Waals surface area (Å²) in [6.45, 7) is 1.87. The lowest BCUT2D eigenvalue weighted by molar-refractivity contribution is -0.116. The first-order valence-corrected chi connectivity index (χ1v) is 11.0. The van der Waals surface area contributed by atoms with Crippen molar-refractivity contribution < 1.29 is 28.6 Å². The summed E-state index contributed by atoms with van der Waals surface area (Å²) in [7, 11) is 4.72. The number of benzene rings is 2. The summed E-state index contributed by atoms with van der Waals surface area (Å²) in [6.07, 6.45) is 0.937. The second kappa shape index (κ2) is 8.44. The molecule has 0 fully saturated rings. The molecule has 34 heavy (non-hydrogen) atoms. The molecule has 2 atom stereocenters. The van der Waals surface area contributed by atoms with Crippen molar-refractivity contribution >= 4 is 11.7 Å². The highest BCUT2D eigenvalue weighted by molar-refractivity contribution is 6.01. The normalized spacial score (nSPS) is 19.2. The Morgan fingerprint density at radius 2 is 1.82 bits per heavy atom. The minimum absolute atomic E-state index is 0.0416. The molecule has 3 aromatic rings. The molecule has 0 radical (unpaired) electrons. The highest BCUT2D eigenvalue weighted by atomic mass is 16.5. The molecule has 1 aromatic heterocycles. The van der Waals surface area contributed by atoms with Crippen LogP contribution in [0.25, 0.3) is 0 Å². The second-order valence-electron chi connectivity index (χ2n) is 8.53. The highest BCUT2D eigenvalue weighted by Gasteiger charge is 2.42. The van der Waals surface area contributed by atoms with Gasteiger partial charge in [-0.2, -0.15) is 0 Å². The van der Waals surface area contributed by atoms with Gasteiger partial charge in [-0.15, -0.1) is 0 Å². The van der Waals surface area contributed by atoms with E-state index in [1.165, 1.54) is 7.11 Å². The summed E-state index contributed by atoms with van der Waals surface area (Å²) in [4.78, 5) is 13.7. The summed E-state index contributed by atoms with van der Waals surface area (Å²) in [6, 6.07) is 10.8. The number of nitrogens with zero attached hydrogens (tertiary/aromatic N) is 1. The van der Waals surface area contributed by atoms with E-state index >= 15 is 0 Å². The van der Waals surface area contributed by atoms with E-state index in [9.17, 15) is 9.90 Å². The third-order valence-electron chi connectivity index (χ3n) is 6.68. The number of fused-ring (bicyclic) bond motifs is 1. The Labute approximate surface area is 197 Å². The number of allylic oxidation sites excluding steroid dienone is 2. The van der Waals surface area contributed by atoms with Gasteiger partial charge in [-0.1, -0.05) is 17.3 Å². The number of aryl methyl sites for hydroxylation is 1. The molecule has 2 heterocycles. The van der Waals surface area contributed by atoms with Crippen molar-refractivity contribution in [3.8, 4) is 23.0 Å². The first-order chi connectivity index (χ1) is 16.4. The summed E-state index contributed by atoms with van der Waals surface area (Å²) >= 11 is 0. The standard InChI is InChI=1S/C26H26N2O6/c1-13-23-24(17-7-6-16(31-2)12-21(17)32-3)25-18(27-26(23)34-28-13)9-15(10-20(25)30)14-5-8-19(29)22(11-14)33-4/h5-8,11-12,15,24,27,29H,9-10H2,1-4H3/t15-,24-/m0/s1. The average molecular weight is 463 g/mol. The van der Waals surface area contributed by atoms with Crippen LogP contribution in [0.15, 0.2) is 52.2 Å². The van der Waals surface area contributed by atoms with E-state index in [-0.39, 0.29) is 23.4 Å². The molecular weight excluding hydrogens is 436 g/mol. The molecular formula is C26H26N2O6.